The smallest absolute Gasteiger partial charge is 0.329 e. The fourth-order valence-electron chi connectivity index (χ4n) is 1.37. The van der Waals surface area contributed by atoms with Crippen molar-refractivity contribution in [1.82, 2.24) is 0 Å². The van der Waals surface area contributed by atoms with Gasteiger partial charge < -0.3 is 25.6 Å². The number of carboxylic acids is 1. The van der Waals surface area contributed by atoms with Crippen molar-refractivity contribution >= 4 is 23.5 Å². The van der Waals surface area contributed by atoms with Gasteiger partial charge in [-0.15, -0.1) is 0 Å². The summed E-state index contributed by atoms with van der Waals surface area (Å²) in [5.74, 6) is -1.77. The number of rotatable bonds is 9. The van der Waals surface area contributed by atoms with E-state index in [0.717, 1.165) is 0 Å². The molecule has 4 N–H and O–H groups in total. The molecule has 0 unspecified atom stereocenters. The fraction of sp³-hybridized carbons (Fsp3) is 0.308. The summed E-state index contributed by atoms with van der Waals surface area (Å²) in [5.41, 5.74) is 5.40. The average molecular weight is 296 g/mol. The Balaban J connectivity index is 2.51. The lowest BCUT2D eigenvalue weighted by molar-refractivity contribution is -0.143. The highest BCUT2D eigenvalue weighted by Gasteiger charge is 2.09. The Morgan fingerprint density at radius 3 is 2.57 bits per heavy atom. The Bertz CT molecular complexity index is 517. The quantitative estimate of drug-likeness (QED) is 0.587. The van der Waals surface area contributed by atoms with Gasteiger partial charge in [0.2, 0.25) is 11.8 Å². The van der Waals surface area contributed by atoms with Gasteiger partial charge in [-0.1, -0.05) is 12.1 Å². The highest BCUT2D eigenvalue weighted by molar-refractivity contribution is 5.93. The van der Waals surface area contributed by atoms with Crippen LogP contribution in [0.2, 0.25) is 0 Å². The number of carbonyl (C=O) groups is 3. The highest BCUT2D eigenvalue weighted by atomic mass is 16.5. The van der Waals surface area contributed by atoms with Gasteiger partial charge in [-0.2, -0.15) is 0 Å². The molecule has 2 amide bonds. The Labute approximate surface area is 120 Å². The van der Waals surface area contributed by atoms with E-state index >= 15 is 0 Å². The number of nitrogens with one attached hydrogen (secondary N) is 1. The SMILES string of the molecule is NC(=O)CCOc1ccccc1NC(=O)COCC(=O)O. The van der Waals surface area contributed by atoms with Crippen molar-refractivity contribution in [3.05, 3.63) is 24.3 Å². The lowest BCUT2D eigenvalue weighted by Crippen LogP contribution is -2.21. The molecule has 0 fully saturated rings. The zero-order valence-corrected chi connectivity index (χ0v) is 11.2. The van der Waals surface area contributed by atoms with Crippen LogP contribution >= 0.6 is 0 Å². The van der Waals surface area contributed by atoms with Crippen LogP contribution in [0.25, 0.3) is 0 Å². The number of carboxylic acid groups (broad SMARTS) is 1. The van der Waals surface area contributed by atoms with Crippen LogP contribution in [0.5, 0.6) is 5.75 Å². The average Bonchev–Trinajstić information content (AvgIpc) is 2.40. The largest absolute Gasteiger partial charge is 0.491 e. The van der Waals surface area contributed by atoms with Gasteiger partial charge in [-0.25, -0.2) is 4.79 Å². The molecular weight excluding hydrogens is 280 g/mol. The van der Waals surface area contributed by atoms with E-state index in [9.17, 15) is 14.4 Å². The number of anilines is 1. The van der Waals surface area contributed by atoms with Crippen LogP contribution in [0.1, 0.15) is 6.42 Å². The Morgan fingerprint density at radius 1 is 1.19 bits per heavy atom. The topological polar surface area (TPSA) is 128 Å². The number of hydrogen-bond donors (Lipinski definition) is 3. The summed E-state index contributed by atoms with van der Waals surface area (Å²) in [7, 11) is 0. The summed E-state index contributed by atoms with van der Waals surface area (Å²) in [6, 6.07) is 6.62. The van der Waals surface area contributed by atoms with E-state index in [1.807, 2.05) is 0 Å². The Hall–Kier alpha value is -2.61. The van der Waals surface area contributed by atoms with Crippen LogP contribution in [0, 0.1) is 0 Å². The number of primary amides is 1. The molecule has 8 heteroatoms. The second kappa shape index (κ2) is 8.54. The molecule has 0 aliphatic rings. The van der Waals surface area contributed by atoms with Gasteiger partial charge >= 0.3 is 5.97 Å². The van der Waals surface area contributed by atoms with Crippen molar-refractivity contribution in [3.63, 3.8) is 0 Å². The van der Waals surface area contributed by atoms with Crippen molar-refractivity contribution in [2.45, 2.75) is 6.42 Å². The van der Waals surface area contributed by atoms with Crippen LogP contribution in [-0.2, 0) is 19.1 Å². The van der Waals surface area contributed by atoms with Crippen molar-refractivity contribution in [2.24, 2.45) is 5.73 Å². The van der Waals surface area contributed by atoms with Crippen molar-refractivity contribution in [1.29, 1.82) is 0 Å². The van der Waals surface area contributed by atoms with Crippen LogP contribution < -0.4 is 15.8 Å². The summed E-state index contributed by atoms with van der Waals surface area (Å²) < 4.78 is 10.0. The molecule has 0 aliphatic carbocycles. The molecule has 1 aromatic carbocycles. The first-order valence-corrected chi connectivity index (χ1v) is 6.08. The number of aliphatic carboxylic acids is 1. The molecule has 8 nitrogen and oxygen atoms in total. The molecule has 0 spiro atoms. The molecule has 0 saturated heterocycles. The van der Waals surface area contributed by atoms with Gasteiger partial charge in [0, 0.05) is 0 Å². The molecule has 0 aromatic heterocycles. The predicted molar refractivity (Wildman–Crippen MR) is 72.8 cm³/mol. The van der Waals surface area contributed by atoms with E-state index in [1.54, 1.807) is 24.3 Å². The molecule has 1 aromatic rings. The maximum Gasteiger partial charge on any atom is 0.329 e. The first kappa shape index (κ1) is 16.4. The third-order valence-corrected chi connectivity index (χ3v) is 2.23. The van der Waals surface area contributed by atoms with Gasteiger partial charge in [-0.3, -0.25) is 9.59 Å². The Morgan fingerprint density at radius 2 is 1.90 bits per heavy atom. The third kappa shape index (κ3) is 6.92. The zero-order valence-electron chi connectivity index (χ0n) is 11.2. The first-order valence-electron chi connectivity index (χ1n) is 6.08. The summed E-state index contributed by atoms with van der Waals surface area (Å²) in [6.45, 7) is -0.843. The molecule has 0 radical (unpaired) electrons. The minimum Gasteiger partial charge on any atom is -0.491 e. The van der Waals surface area contributed by atoms with E-state index in [0.29, 0.717) is 11.4 Å². The van der Waals surface area contributed by atoms with Crippen molar-refractivity contribution in [3.8, 4) is 5.75 Å². The number of nitrogens with two attached hydrogens (primary N) is 1. The number of benzene rings is 1. The van der Waals surface area contributed by atoms with Gasteiger partial charge in [-0.05, 0) is 12.1 Å². The molecule has 0 heterocycles. The number of hydrogen-bond acceptors (Lipinski definition) is 5. The lowest BCUT2D eigenvalue weighted by atomic mass is 10.3. The van der Waals surface area contributed by atoms with E-state index in [1.165, 1.54) is 0 Å². The molecule has 21 heavy (non-hydrogen) atoms. The minimum absolute atomic E-state index is 0.0595. The van der Waals surface area contributed by atoms with E-state index < -0.39 is 24.4 Å². The highest BCUT2D eigenvalue weighted by Crippen LogP contribution is 2.23. The molecule has 0 saturated carbocycles. The standard InChI is InChI=1S/C13H16N2O6/c14-11(16)5-6-21-10-4-2-1-3-9(10)15-12(17)7-20-8-13(18)19/h1-4H,5-8H2,(H2,14,16)(H,15,17)(H,18,19). The predicted octanol–water partition coefficient (Wildman–Crippen LogP) is -0.0195. The van der Waals surface area contributed by atoms with E-state index in [4.69, 9.17) is 15.6 Å². The van der Waals surface area contributed by atoms with Crippen LogP contribution in [0.3, 0.4) is 0 Å². The van der Waals surface area contributed by atoms with E-state index in [2.05, 4.69) is 10.1 Å². The van der Waals surface area contributed by atoms with Crippen LogP contribution in [-0.4, -0.2) is 42.7 Å². The van der Waals surface area contributed by atoms with Crippen molar-refractivity contribution in [2.75, 3.05) is 25.1 Å². The van der Waals surface area contributed by atoms with Gasteiger partial charge in [0.1, 0.15) is 19.0 Å². The van der Waals surface area contributed by atoms with Crippen LogP contribution in [0.15, 0.2) is 24.3 Å². The fourth-order valence-corrected chi connectivity index (χ4v) is 1.37. The normalized spacial score (nSPS) is 9.90. The first-order chi connectivity index (χ1) is 9.99. The monoisotopic (exact) mass is 296 g/mol. The number of ether oxygens (including phenoxy) is 2. The van der Waals surface area contributed by atoms with E-state index in [-0.39, 0.29) is 19.6 Å². The summed E-state index contributed by atoms with van der Waals surface area (Å²) in [6.07, 6.45) is 0.0595. The zero-order chi connectivity index (χ0) is 15.7. The maximum atomic E-state index is 11.6. The Kier molecular flexibility index (Phi) is 6.69. The third-order valence-electron chi connectivity index (χ3n) is 2.23. The summed E-state index contributed by atoms with van der Waals surface area (Å²) in [4.78, 5) is 32.5. The molecule has 0 bridgehead atoms. The second-order valence-electron chi connectivity index (χ2n) is 4.00. The summed E-state index contributed by atoms with van der Waals surface area (Å²) in [5, 5.41) is 10.9. The number of para-hydroxylation sites is 2. The minimum atomic E-state index is -1.15. The number of carbonyl (C=O) groups excluding carboxylic acids is 2. The summed E-state index contributed by atoms with van der Waals surface area (Å²) >= 11 is 0. The molecule has 0 atom stereocenters. The lowest BCUT2D eigenvalue weighted by Gasteiger charge is -2.11. The number of amides is 2. The molecule has 1 rings (SSSR count). The van der Waals surface area contributed by atoms with Gasteiger partial charge in [0.15, 0.2) is 0 Å². The van der Waals surface area contributed by atoms with Crippen molar-refractivity contribution < 1.29 is 29.0 Å². The second-order valence-corrected chi connectivity index (χ2v) is 4.00. The maximum absolute atomic E-state index is 11.6. The van der Waals surface area contributed by atoms with Crippen LogP contribution in [0.4, 0.5) is 5.69 Å². The van der Waals surface area contributed by atoms with Gasteiger partial charge in [0.25, 0.3) is 0 Å². The molecular formula is C13H16N2O6. The van der Waals surface area contributed by atoms with Gasteiger partial charge in [0.05, 0.1) is 18.7 Å². The molecule has 0 aliphatic heterocycles. The molecule has 114 valence electrons.